The Labute approximate surface area is 237 Å². The van der Waals surface area contributed by atoms with Gasteiger partial charge in [-0.1, -0.05) is 62.1 Å². The molecule has 2 aromatic rings. The highest BCUT2D eigenvalue weighted by Crippen LogP contribution is 2.30. The molecular formula is C29H40ClN3O5S. The van der Waals surface area contributed by atoms with Crippen LogP contribution in [0, 0.1) is 0 Å². The van der Waals surface area contributed by atoms with Crippen LogP contribution in [0.15, 0.2) is 48.5 Å². The van der Waals surface area contributed by atoms with Crippen molar-refractivity contribution in [2.45, 2.75) is 76.9 Å². The predicted molar refractivity (Wildman–Crippen MR) is 156 cm³/mol. The van der Waals surface area contributed by atoms with Gasteiger partial charge in [0.15, 0.2) is 0 Å². The van der Waals surface area contributed by atoms with E-state index in [0.717, 1.165) is 37.5 Å². The van der Waals surface area contributed by atoms with Crippen molar-refractivity contribution in [3.8, 4) is 5.75 Å². The number of rotatable bonds is 13. The summed E-state index contributed by atoms with van der Waals surface area (Å²) in [7, 11) is -2.13. The number of sulfonamides is 1. The number of benzene rings is 2. The summed E-state index contributed by atoms with van der Waals surface area (Å²) in [6.45, 7) is 2.26. The van der Waals surface area contributed by atoms with Crippen molar-refractivity contribution in [1.29, 1.82) is 0 Å². The first-order valence-electron chi connectivity index (χ1n) is 13.6. The van der Waals surface area contributed by atoms with Crippen LogP contribution in [0.25, 0.3) is 0 Å². The minimum atomic E-state index is -3.62. The molecular weight excluding hydrogens is 538 g/mol. The van der Waals surface area contributed by atoms with Gasteiger partial charge in [0, 0.05) is 30.6 Å². The van der Waals surface area contributed by atoms with Gasteiger partial charge in [0.05, 0.1) is 19.1 Å². The van der Waals surface area contributed by atoms with E-state index in [0.29, 0.717) is 22.9 Å². The number of anilines is 1. The van der Waals surface area contributed by atoms with Gasteiger partial charge >= 0.3 is 0 Å². The number of carbonyl (C=O) groups is 2. The first-order chi connectivity index (χ1) is 18.6. The molecule has 39 heavy (non-hydrogen) atoms. The fourth-order valence-electron chi connectivity index (χ4n) is 5.07. The lowest BCUT2D eigenvalue weighted by Crippen LogP contribution is -2.51. The van der Waals surface area contributed by atoms with Crippen LogP contribution in [0.2, 0.25) is 5.02 Å². The van der Waals surface area contributed by atoms with Gasteiger partial charge in [-0.05, 0) is 55.5 Å². The van der Waals surface area contributed by atoms with E-state index in [2.05, 4.69) is 5.32 Å². The summed E-state index contributed by atoms with van der Waals surface area (Å²) < 4.78 is 31.9. The molecule has 1 aliphatic carbocycles. The van der Waals surface area contributed by atoms with E-state index in [1.54, 1.807) is 41.3 Å². The van der Waals surface area contributed by atoms with Gasteiger partial charge in [0.1, 0.15) is 11.8 Å². The van der Waals surface area contributed by atoms with E-state index in [1.165, 1.54) is 17.8 Å². The molecule has 0 aliphatic heterocycles. The summed E-state index contributed by atoms with van der Waals surface area (Å²) in [6, 6.07) is 13.6. The molecule has 2 aromatic carbocycles. The highest BCUT2D eigenvalue weighted by molar-refractivity contribution is 7.92. The third kappa shape index (κ3) is 8.86. The van der Waals surface area contributed by atoms with E-state index >= 15 is 0 Å². The van der Waals surface area contributed by atoms with Crippen LogP contribution in [0.4, 0.5) is 5.69 Å². The van der Waals surface area contributed by atoms with Crippen LogP contribution in [0.1, 0.15) is 63.9 Å². The first-order valence-corrected chi connectivity index (χ1v) is 15.8. The molecule has 0 saturated heterocycles. The van der Waals surface area contributed by atoms with Gasteiger partial charge < -0.3 is 15.0 Å². The monoisotopic (exact) mass is 577 g/mol. The molecule has 1 fully saturated rings. The maximum atomic E-state index is 13.6. The molecule has 2 amide bonds. The van der Waals surface area contributed by atoms with Gasteiger partial charge in [-0.25, -0.2) is 8.42 Å². The second-order valence-electron chi connectivity index (χ2n) is 10.0. The average molecular weight is 578 g/mol. The molecule has 1 saturated carbocycles. The molecule has 214 valence electrons. The zero-order valence-electron chi connectivity index (χ0n) is 23.1. The number of nitrogens with one attached hydrogen (secondary N) is 1. The summed E-state index contributed by atoms with van der Waals surface area (Å²) in [5, 5.41) is 3.77. The number of hydrogen-bond acceptors (Lipinski definition) is 5. The molecule has 8 nitrogen and oxygen atoms in total. The predicted octanol–water partition coefficient (Wildman–Crippen LogP) is 5.15. The maximum Gasteiger partial charge on any atom is 0.243 e. The van der Waals surface area contributed by atoms with Crippen LogP contribution in [0.3, 0.4) is 0 Å². The van der Waals surface area contributed by atoms with Crippen molar-refractivity contribution < 1.29 is 22.7 Å². The zero-order valence-corrected chi connectivity index (χ0v) is 24.6. The fraction of sp³-hybridized carbons (Fsp3) is 0.517. The summed E-state index contributed by atoms with van der Waals surface area (Å²) >= 11 is 6.06. The summed E-state index contributed by atoms with van der Waals surface area (Å²) in [5.74, 6) is 0.0895. The Bertz CT molecular complexity index is 1200. The minimum Gasteiger partial charge on any atom is -0.495 e. The Balaban J connectivity index is 1.77. The molecule has 1 N–H and O–H groups in total. The van der Waals surface area contributed by atoms with Crippen LogP contribution >= 0.6 is 11.6 Å². The fourth-order valence-corrected chi connectivity index (χ4v) is 6.16. The number of hydrogen-bond donors (Lipinski definition) is 1. The van der Waals surface area contributed by atoms with Crippen molar-refractivity contribution in [1.82, 2.24) is 10.2 Å². The number of methoxy groups -OCH3 is 1. The molecule has 1 aliphatic rings. The Morgan fingerprint density at radius 1 is 1.08 bits per heavy atom. The standard InChI is InChI=1S/C29H40ClN3O5S/c1-4-25(29(35)31-24-11-6-5-7-12-24)32(21-22-16-18-23(30)19-17-22)28(34)15-10-20-33(39(3,36)37)26-13-8-9-14-27(26)38-2/h8-9,13-14,16-19,24-25H,4-7,10-12,15,20-21H2,1-3H3,(H,31,35)/t25-/m1/s1. The second kappa shape index (κ2) is 14.6. The SMILES string of the molecule is CC[C@H](C(=O)NC1CCCCC1)N(Cc1ccc(Cl)cc1)C(=O)CCCN(c1ccccc1OC)S(C)(=O)=O. The third-order valence-electron chi connectivity index (χ3n) is 7.11. The van der Waals surface area contributed by atoms with Crippen molar-refractivity contribution in [2.24, 2.45) is 0 Å². The quantitative estimate of drug-likeness (QED) is 0.355. The smallest absolute Gasteiger partial charge is 0.243 e. The van der Waals surface area contributed by atoms with Crippen molar-refractivity contribution in [3.63, 3.8) is 0 Å². The minimum absolute atomic E-state index is 0.0853. The Kier molecular flexibility index (Phi) is 11.5. The number of nitrogens with zero attached hydrogens (tertiary/aromatic N) is 2. The molecule has 0 bridgehead atoms. The van der Waals surface area contributed by atoms with Gasteiger partial charge in [0.25, 0.3) is 0 Å². The topological polar surface area (TPSA) is 96.0 Å². The normalized spacial score (nSPS) is 14.9. The van der Waals surface area contributed by atoms with Crippen LogP contribution in [-0.2, 0) is 26.2 Å². The number of ether oxygens (including phenoxy) is 1. The van der Waals surface area contributed by atoms with E-state index in [4.69, 9.17) is 16.3 Å². The highest BCUT2D eigenvalue weighted by Gasteiger charge is 2.30. The van der Waals surface area contributed by atoms with Gasteiger partial charge in [-0.3, -0.25) is 13.9 Å². The molecule has 0 unspecified atom stereocenters. The van der Waals surface area contributed by atoms with Crippen LogP contribution < -0.4 is 14.4 Å². The number of carbonyl (C=O) groups excluding carboxylic acids is 2. The summed E-state index contributed by atoms with van der Waals surface area (Å²) in [6.07, 6.45) is 7.25. The average Bonchev–Trinajstić information content (AvgIpc) is 2.92. The van der Waals surface area contributed by atoms with Crippen molar-refractivity contribution >= 4 is 39.1 Å². The van der Waals surface area contributed by atoms with Crippen LogP contribution in [-0.4, -0.2) is 57.1 Å². The van der Waals surface area contributed by atoms with Gasteiger partial charge in [-0.15, -0.1) is 0 Å². The van der Waals surface area contributed by atoms with Gasteiger partial charge in [0.2, 0.25) is 21.8 Å². The summed E-state index contributed by atoms with van der Waals surface area (Å²) in [5.41, 5.74) is 1.29. The number of para-hydroxylation sites is 2. The molecule has 1 atom stereocenters. The van der Waals surface area contributed by atoms with E-state index in [-0.39, 0.29) is 43.8 Å². The maximum absolute atomic E-state index is 13.6. The Morgan fingerprint density at radius 2 is 1.74 bits per heavy atom. The largest absolute Gasteiger partial charge is 0.495 e. The lowest BCUT2D eigenvalue weighted by molar-refractivity contribution is -0.141. The Morgan fingerprint density at radius 3 is 2.36 bits per heavy atom. The van der Waals surface area contributed by atoms with Gasteiger partial charge in [-0.2, -0.15) is 0 Å². The number of halogens is 1. The third-order valence-corrected chi connectivity index (χ3v) is 8.54. The summed E-state index contributed by atoms with van der Waals surface area (Å²) in [4.78, 5) is 28.6. The number of amides is 2. The first kappa shape index (κ1) is 30.8. The lowest BCUT2D eigenvalue weighted by atomic mass is 9.95. The Hall–Kier alpha value is -2.78. The molecule has 0 heterocycles. The van der Waals surface area contributed by atoms with E-state index in [1.807, 2.05) is 19.1 Å². The molecule has 10 heteroatoms. The lowest BCUT2D eigenvalue weighted by Gasteiger charge is -2.33. The molecule has 0 aromatic heterocycles. The second-order valence-corrected chi connectivity index (χ2v) is 12.4. The van der Waals surface area contributed by atoms with Crippen molar-refractivity contribution in [3.05, 3.63) is 59.1 Å². The van der Waals surface area contributed by atoms with E-state index in [9.17, 15) is 18.0 Å². The molecule has 0 spiro atoms. The van der Waals surface area contributed by atoms with Crippen molar-refractivity contribution in [2.75, 3.05) is 24.2 Å². The molecule has 0 radical (unpaired) electrons. The highest BCUT2D eigenvalue weighted by atomic mass is 35.5. The molecule has 3 rings (SSSR count). The zero-order chi connectivity index (χ0) is 28.4. The van der Waals surface area contributed by atoms with E-state index < -0.39 is 16.1 Å². The van der Waals surface area contributed by atoms with Crippen LogP contribution in [0.5, 0.6) is 5.75 Å².